The number of rotatable bonds is 4. The predicted molar refractivity (Wildman–Crippen MR) is 77.7 cm³/mol. The van der Waals surface area contributed by atoms with Crippen LogP contribution in [0.15, 0.2) is 23.0 Å². The fourth-order valence-electron chi connectivity index (χ4n) is 2.21. The van der Waals surface area contributed by atoms with Gasteiger partial charge in [-0.1, -0.05) is 13.5 Å². The maximum absolute atomic E-state index is 10.4. The van der Waals surface area contributed by atoms with Crippen molar-refractivity contribution in [1.29, 1.82) is 0 Å². The third kappa shape index (κ3) is 1.92. The third-order valence-corrected chi connectivity index (χ3v) is 4.89. The van der Waals surface area contributed by atoms with Crippen LogP contribution in [-0.4, -0.2) is 30.1 Å². The van der Waals surface area contributed by atoms with Gasteiger partial charge >= 0.3 is 0 Å². The van der Waals surface area contributed by atoms with Crippen LogP contribution < -0.4 is 0 Å². The average molecular weight is 263 g/mol. The van der Waals surface area contributed by atoms with Crippen LogP contribution in [0.3, 0.4) is 0 Å². The molecule has 1 N–H and O–H groups in total. The number of aliphatic hydroxyl groups is 1. The largest absolute Gasteiger partial charge is 0.507 e. The fourth-order valence-corrected chi connectivity index (χ4v) is 2.98. The van der Waals surface area contributed by atoms with Gasteiger partial charge in [0.1, 0.15) is 5.76 Å². The summed E-state index contributed by atoms with van der Waals surface area (Å²) in [6.07, 6.45) is 2.73. The lowest BCUT2D eigenvalue weighted by Crippen LogP contribution is -2.24. The van der Waals surface area contributed by atoms with Crippen molar-refractivity contribution in [1.82, 2.24) is 9.78 Å². The Morgan fingerprint density at radius 2 is 2.22 bits per heavy atom. The summed E-state index contributed by atoms with van der Waals surface area (Å²) in [5.74, 6) is 0.923. The summed E-state index contributed by atoms with van der Waals surface area (Å²) in [6, 6.07) is 3.11. The molecule has 1 unspecified atom stereocenters. The molecule has 98 valence electrons. The molecule has 0 aliphatic carbocycles. The first kappa shape index (κ1) is 13.1. The van der Waals surface area contributed by atoms with Crippen molar-refractivity contribution >= 4 is 21.1 Å². The average Bonchev–Trinajstić information content (AvgIpc) is 2.89. The first-order valence-electron chi connectivity index (χ1n) is 6.57. The van der Waals surface area contributed by atoms with Crippen molar-refractivity contribution in [3.8, 4) is 0 Å². The van der Waals surface area contributed by atoms with Crippen molar-refractivity contribution in [3.05, 3.63) is 23.7 Å². The monoisotopic (exact) mass is 263 g/mol. The fraction of sp³-hybridized carbons (Fsp3) is 0.538. The minimum absolute atomic E-state index is 0.0327. The van der Waals surface area contributed by atoms with E-state index in [1.54, 1.807) is 4.68 Å². The van der Waals surface area contributed by atoms with Crippen molar-refractivity contribution in [3.63, 3.8) is 0 Å². The highest BCUT2D eigenvalue weighted by molar-refractivity contribution is 6.32. The molecule has 1 atom stereocenters. The lowest BCUT2D eigenvalue weighted by molar-refractivity contribution is 0.301. The molecular formula is C13H21N3OSi. The van der Waals surface area contributed by atoms with Crippen LogP contribution in [0.4, 0.5) is 0 Å². The van der Waals surface area contributed by atoms with Crippen LogP contribution in [0.25, 0.3) is 5.82 Å². The van der Waals surface area contributed by atoms with Gasteiger partial charge in [-0.2, -0.15) is 5.10 Å². The molecule has 1 aromatic rings. The minimum atomic E-state index is -0.332. The van der Waals surface area contributed by atoms with E-state index in [9.17, 15) is 5.11 Å². The third-order valence-electron chi connectivity index (χ3n) is 3.88. The zero-order chi connectivity index (χ0) is 13.3. The van der Waals surface area contributed by atoms with Gasteiger partial charge in [0.25, 0.3) is 0 Å². The number of hydrogen-bond donors (Lipinski definition) is 1. The Bertz CT molecular complexity index is 518. The highest BCUT2D eigenvalue weighted by atomic mass is 28.2. The molecule has 0 spiro atoms. The second-order valence-corrected chi connectivity index (χ2v) is 6.56. The number of nitrogens with zero attached hydrogens (tertiary/aromatic N) is 3. The molecule has 0 radical (unpaired) electrons. The van der Waals surface area contributed by atoms with Gasteiger partial charge in [-0.15, -0.1) is 0 Å². The number of hydrogen-bond acceptors (Lipinski definition) is 3. The van der Waals surface area contributed by atoms with Gasteiger partial charge in [0.2, 0.25) is 0 Å². The van der Waals surface area contributed by atoms with Crippen LogP contribution >= 0.6 is 0 Å². The Morgan fingerprint density at radius 1 is 1.50 bits per heavy atom. The van der Waals surface area contributed by atoms with E-state index in [1.807, 2.05) is 26.1 Å². The molecule has 0 fully saturated rings. The molecule has 5 heteroatoms. The molecule has 0 amide bonds. The zero-order valence-corrected chi connectivity index (χ0v) is 13.0. The molecule has 1 aromatic heterocycles. The maximum Gasteiger partial charge on any atom is 0.192 e. The number of aliphatic imine (C=N–C) groups is 1. The lowest BCUT2D eigenvalue weighted by atomic mass is 9.82. The van der Waals surface area contributed by atoms with Crippen LogP contribution in [0.2, 0.25) is 6.55 Å². The van der Waals surface area contributed by atoms with Gasteiger partial charge < -0.3 is 5.11 Å². The normalized spacial score (nSPS) is 24.3. The summed E-state index contributed by atoms with van der Waals surface area (Å²) < 4.78 is 1.71. The van der Waals surface area contributed by atoms with Gasteiger partial charge in [-0.05, 0) is 32.4 Å². The quantitative estimate of drug-likeness (QED) is 0.846. The van der Waals surface area contributed by atoms with Crippen molar-refractivity contribution in [2.75, 3.05) is 0 Å². The van der Waals surface area contributed by atoms with E-state index in [4.69, 9.17) is 0 Å². The van der Waals surface area contributed by atoms with Gasteiger partial charge in [0.15, 0.2) is 5.82 Å². The molecule has 1 aliphatic rings. The van der Waals surface area contributed by atoms with Crippen LogP contribution in [-0.2, 0) is 6.04 Å². The first-order valence-corrected chi connectivity index (χ1v) is 8.98. The second-order valence-electron chi connectivity index (χ2n) is 5.06. The highest BCUT2D eigenvalue weighted by Gasteiger charge is 2.38. The molecule has 4 nitrogen and oxygen atoms in total. The SMILES string of the molecule is CCC1(C)C(C)=NC(n2ccc(C[SiH2]C)n2)=C1O. The van der Waals surface area contributed by atoms with Crippen molar-refractivity contribution in [2.45, 2.75) is 39.8 Å². The van der Waals surface area contributed by atoms with Crippen LogP contribution in [0.1, 0.15) is 32.9 Å². The van der Waals surface area contributed by atoms with E-state index >= 15 is 0 Å². The Kier molecular flexibility index (Phi) is 3.43. The Hall–Kier alpha value is -1.36. The Morgan fingerprint density at radius 3 is 2.78 bits per heavy atom. The molecule has 1 aliphatic heterocycles. The van der Waals surface area contributed by atoms with Crippen molar-refractivity contribution < 1.29 is 5.11 Å². The molecule has 0 aromatic carbocycles. The number of aliphatic hydroxyl groups excluding tert-OH is 1. The lowest BCUT2D eigenvalue weighted by Gasteiger charge is -2.22. The topological polar surface area (TPSA) is 50.4 Å². The Labute approximate surface area is 110 Å². The number of aromatic nitrogens is 2. The molecule has 0 bridgehead atoms. The van der Waals surface area contributed by atoms with E-state index in [1.165, 1.54) is 0 Å². The molecule has 2 rings (SSSR count). The summed E-state index contributed by atoms with van der Waals surface area (Å²) in [5, 5.41) is 14.9. The standard InChI is InChI=1S/C13H21N3OSi/c1-5-13(3)9(2)14-12(11(13)17)16-7-6-10(15-16)8-18-4/h6-7,17H,5,8,18H2,1-4H3. The van der Waals surface area contributed by atoms with E-state index < -0.39 is 0 Å². The molecular weight excluding hydrogens is 242 g/mol. The van der Waals surface area contributed by atoms with Crippen LogP contribution in [0.5, 0.6) is 0 Å². The van der Waals surface area contributed by atoms with Gasteiger partial charge in [0, 0.05) is 21.4 Å². The van der Waals surface area contributed by atoms with E-state index in [0.29, 0.717) is 11.6 Å². The molecule has 2 heterocycles. The smallest absolute Gasteiger partial charge is 0.192 e. The van der Waals surface area contributed by atoms with Crippen molar-refractivity contribution in [2.24, 2.45) is 10.4 Å². The number of allylic oxidation sites excluding steroid dienone is 1. The minimum Gasteiger partial charge on any atom is -0.507 e. The molecule has 18 heavy (non-hydrogen) atoms. The Balaban J connectivity index is 2.38. The van der Waals surface area contributed by atoms with Gasteiger partial charge in [0.05, 0.1) is 11.1 Å². The van der Waals surface area contributed by atoms with Crippen LogP contribution in [0, 0.1) is 5.41 Å². The van der Waals surface area contributed by atoms with E-state index in [0.717, 1.165) is 23.9 Å². The summed E-state index contributed by atoms with van der Waals surface area (Å²) in [5.41, 5.74) is 1.72. The van der Waals surface area contributed by atoms with E-state index in [2.05, 4.69) is 23.6 Å². The predicted octanol–water partition coefficient (Wildman–Crippen LogP) is 2.17. The first-order chi connectivity index (χ1) is 8.52. The zero-order valence-electron chi connectivity index (χ0n) is 11.6. The van der Waals surface area contributed by atoms with Gasteiger partial charge in [-0.25, -0.2) is 9.67 Å². The van der Waals surface area contributed by atoms with E-state index in [-0.39, 0.29) is 14.9 Å². The summed E-state index contributed by atoms with van der Waals surface area (Å²) >= 11 is 0. The molecule has 0 saturated heterocycles. The summed E-state index contributed by atoms with van der Waals surface area (Å²) in [6.45, 7) is 8.32. The maximum atomic E-state index is 10.4. The van der Waals surface area contributed by atoms with Gasteiger partial charge in [-0.3, -0.25) is 0 Å². The summed E-state index contributed by atoms with van der Waals surface area (Å²) in [4.78, 5) is 4.50. The molecule has 0 saturated carbocycles. The second kappa shape index (κ2) is 4.72. The summed E-state index contributed by atoms with van der Waals surface area (Å²) in [7, 11) is -0.0327. The highest BCUT2D eigenvalue weighted by Crippen LogP contribution is 2.39.